The number of hydrogen-bond acceptors (Lipinski definition) is 3. The van der Waals surface area contributed by atoms with Gasteiger partial charge in [0, 0.05) is 13.1 Å². The van der Waals surface area contributed by atoms with Gasteiger partial charge in [-0.2, -0.15) is 0 Å². The molecule has 0 saturated carbocycles. The molecule has 1 atom stereocenters. The van der Waals surface area contributed by atoms with Crippen LogP contribution in [0, 0.1) is 5.41 Å². The number of halogens is 1. The quantitative estimate of drug-likeness (QED) is 0.550. The highest BCUT2D eigenvalue weighted by Crippen LogP contribution is 2.37. The van der Waals surface area contributed by atoms with E-state index in [0.717, 1.165) is 5.82 Å². The minimum absolute atomic E-state index is 0.414. The van der Waals surface area contributed by atoms with E-state index in [1.165, 1.54) is 44.9 Å². The van der Waals surface area contributed by atoms with Gasteiger partial charge in [0.1, 0.15) is 0 Å². The van der Waals surface area contributed by atoms with Crippen molar-refractivity contribution in [2.75, 3.05) is 11.9 Å². The predicted molar refractivity (Wildman–Crippen MR) is 96.7 cm³/mol. The van der Waals surface area contributed by atoms with Gasteiger partial charge in [-0.3, -0.25) is 0 Å². The fourth-order valence-corrected chi connectivity index (χ4v) is 3.66. The zero-order valence-electron chi connectivity index (χ0n) is 14.9. The lowest BCUT2D eigenvalue weighted by atomic mass is 9.75. The highest BCUT2D eigenvalue weighted by molar-refractivity contribution is 6.29. The maximum absolute atomic E-state index is 5.85. The monoisotopic (exact) mass is 325 g/mol. The van der Waals surface area contributed by atoms with Crippen molar-refractivity contribution in [3.05, 3.63) is 17.3 Å². The molecule has 0 fully saturated rings. The molecule has 0 bridgehead atoms. The Balaban J connectivity index is 2.88. The Morgan fingerprint density at radius 1 is 1.09 bits per heavy atom. The van der Waals surface area contributed by atoms with E-state index in [-0.39, 0.29) is 0 Å². The van der Waals surface area contributed by atoms with E-state index in [2.05, 4.69) is 49.8 Å². The van der Waals surface area contributed by atoms with Gasteiger partial charge in [-0.05, 0) is 43.2 Å². The predicted octanol–water partition coefficient (Wildman–Crippen LogP) is 5.73. The van der Waals surface area contributed by atoms with E-state index < -0.39 is 0 Å². The molecular weight excluding hydrogens is 294 g/mol. The molecule has 0 spiro atoms. The van der Waals surface area contributed by atoms with Crippen molar-refractivity contribution in [2.45, 2.75) is 78.7 Å². The summed E-state index contributed by atoms with van der Waals surface area (Å²) in [6.45, 7) is 9.28. The largest absolute Gasteiger partial charge is 0.355 e. The molecule has 1 rings (SSSR count). The second-order valence-corrected chi connectivity index (χ2v) is 7.17. The molecule has 0 aromatic carbocycles. The van der Waals surface area contributed by atoms with E-state index in [1.807, 2.05) is 12.1 Å². The fraction of sp³-hybridized carbons (Fsp3) is 0.778. The van der Waals surface area contributed by atoms with Gasteiger partial charge in [0.25, 0.3) is 0 Å². The third kappa shape index (κ3) is 5.75. The molecule has 4 heteroatoms. The lowest BCUT2D eigenvalue weighted by Gasteiger charge is -2.37. The number of anilines is 1. The third-order valence-electron chi connectivity index (χ3n) is 4.58. The topological polar surface area (TPSA) is 29.0 Å². The number of aromatic nitrogens is 2. The Morgan fingerprint density at radius 3 is 2.18 bits per heavy atom. The maximum atomic E-state index is 5.85. The normalized spacial score (nSPS) is 13.2. The molecule has 0 aliphatic heterocycles. The average Bonchev–Trinajstić information content (AvgIpc) is 2.47. The van der Waals surface area contributed by atoms with E-state index in [0.29, 0.717) is 16.6 Å². The Labute approximate surface area is 141 Å². The zero-order chi connectivity index (χ0) is 16.6. The van der Waals surface area contributed by atoms with Gasteiger partial charge in [-0.1, -0.05) is 58.6 Å². The van der Waals surface area contributed by atoms with Crippen LogP contribution in [0.3, 0.4) is 0 Å². The van der Waals surface area contributed by atoms with Crippen LogP contribution in [-0.2, 0) is 0 Å². The number of rotatable bonds is 10. The molecule has 0 unspecified atom stereocenters. The molecule has 0 amide bonds. The molecule has 126 valence electrons. The summed E-state index contributed by atoms with van der Waals surface area (Å²) in [7, 11) is 2.14. The molecule has 0 aliphatic rings. The molecule has 0 N–H and O–H groups in total. The minimum Gasteiger partial charge on any atom is -0.355 e. The summed E-state index contributed by atoms with van der Waals surface area (Å²) in [4.78, 5) is 2.29. The smallest absolute Gasteiger partial charge is 0.151 e. The van der Waals surface area contributed by atoms with Crippen molar-refractivity contribution in [3.8, 4) is 0 Å². The van der Waals surface area contributed by atoms with Crippen LogP contribution in [0.4, 0.5) is 5.82 Å². The van der Waals surface area contributed by atoms with Crippen LogP contribution >= 0.6 is 11.6 Å². The lowest BCUT2D eigenvalue weighted by molar-refractivity contribution is 0.218. The number of nitrogens with zero attached hydrogens (tertiary/aromatic N) is 3. The highest BCUT2D eigenvalue weighted by atomic mass is 35.5. The first kappa shape index (κ1) is 19.2. The molecule has 0 saturated heterocycles. The molecule has 0 radical (unpaired) electrons. The van der Waals surface area contributed by atoms with Gasteiger partial charge in [0.05, 0.1) is 0 Å². The van der Waals surface area contributed by atoms with Crippen molar-refractivity contribution in [1.29, 1.82) is 0 Å². The summed E-state index contributed by atoms with van der Waals surface area (Å²) >= 11 is 5.85. The van der Waals surface area contributed by atoms with Gasteiger partial charge in [-0.15, -0.1) is 10.2 Å². The molecule has 1 aromatic heterocycles. The van der Waals surface area contributed by atoms with Gasteiger partial charge >= 0.3 is 0 Å². The van der Waals surface area contributed by atoms with Crippen LogP contribution in [0.2, 0.25) is 5.15 Å². The Bertz CT molecular complexity index is 413. The first-order valence-electron chi connectivity index (χ1n) is 8.67. The minimum atomic E-state index is 0.414. The summed E-state index contributed by atoms with van der Waals surface area (Å²) in [5.41, 5.74) is 0.414. The van der Waals surface area contributed by atoms with Crippen LogP contribution in [0.25, 0.3) is 0 Å². The van der Waals surface area contributed by atoms with E-state index in [9.17, 15) is 0 Å². The standard InChI is InChI=1S/C18H32ClN3/c1-6-9-15(14-18(4,12-7-2)13-8-3)22(5)17-11-10-16(19)20-21-17/h10-11,15H,6-9,12-14H2,1-5H3/t15-/m0/s1. The van der Waals surface area contributed by atoms with Gasteiger partial charge in [0.15, 0.2) is 11.0 Å². The van der Waals surface area contributed by atoms with Crippen molar-refractivity contribution in [2.24, 2.45) is 5.41 Å². The van der Waals surface area contributed by atoms with Gasteiger partial charge < -0.3 is 4.90 Å². The van der Waals surface area contributed by atoms with E-state index in [1.54, 1.807) is 0 Å². The van der Waals surface area contributed by atoms with Crippen molar-refractivity contribution >= 4 is 17.4 Å². The Kier molecular flexibility index (Phi) is 8.16. The van der Waals surface area contributed by atoms with Crippen LogP contribution in [0.15, 0.2) is 12.1 Å². The maximum Gasteiger partial charge on any atom is 0.151 e. The van der Waals surface area contributed by atoms with Crippen molar-refractivity contribution in [3.63, 3.8) is 0 Å². The van der Waals surface area contributed by atoms with Gasteiger partial charge in [-0.25, -0.2) is 0 Å². The first-order chi connectivity index (χ1) is 10.5. The van der Waals surface area contributed by atoms with Crippen LogP contribution < -0.4 is 4.90 Å². The molecule has 1 heterocycles. The average molecular weight is 326 g/mol. The van der Waals surface area contributed by atoms with Crippen LogP contribution in [0.5, 0.6) is 0 Å². The first-order valence-corrected chi connectivity index (χ1v) is 9.05. The molecule has 3 nitrogen and oxygen atoms in total. The van der Waals surface area contributed by atoms with E-state index >= 15 is 0 Å². The summed E-state index contributed by atoms with van der Waals surface area (Å²) in [5, 5.41) is 8.68. The Morgan fingerprint density at radius 2 is 1.73 bits per heavy atom. The van der Waals surface area contributed by atoms with E-state index in [4.69, 9.17) is 11.6 Å². The van der Waals surface area contributed by atoms with Crippen molar-refractivity contribution in [1.82, 2.24) is 10.2 Å². The molecular formula is C18H32ClN3. The SMILES string of the molecule is CCC[C@@H](CC(C)(CCC)CCC)N(C)c1ccc(Cl)nn1. The fourth-order valence-electron chi connectivity index (χ4n) is 3.56. The molecule has 22 heavy (non-hydrogen) atoms. The molecule has 1 aromatic rings. The van der Waals surface area contributed by atoms with Gasteiger partial charge in [0.2, 0.25) is 0 Å². The highest BCUT2D eigenvalue weighted by Gasteiger charge is 2.28. The second-order valence-electron chi connectivity index (χ2n) is 6.78. The lowest BCUT2D eigenvalue weighted by Crippen LogP contribution is -2.37. The number of hydrogen-bond donors (Lipinski definition) is 0. The van der Waals surface area contributed by atoms with Crippen molar-refractivity contribution < 1.29 is 0 Å². The summed E-state index contributed by atoms with van der Waals surface area (Å²) in [5.74, 6) is 0.915. The van der Waals surface area contributed by atoms with Crippen LogP contribution in [-0.4, -0.2) is 23.3 Å². The second kappa shape index (κ2) is 9.34. The third-order valence-corrected chi connectivity index (χ3v) is 4.79. The summed E-state index contributed by atoms with van der Waals surface area (Å²) < 4.78 is 0. The zero-order valence-corrected chi connectivity index (χ0v) is 15.7. The van der Waals surface area contributed by atoms with Crippen LogP contribution in [0.1, 0.15) is 72.6 Å². The molecule has 0 aliphatic carbocycles. The Hall–Kier alpha value is -0.830. The summed E-state index contributed by atoms with van der Waals surface area (Å²) in [6.07, 6.45) is 8.67. The summed E-state index contributed by atoms with van der Waals surface area (Å²) in [6, 6.07) is 4.29.